The number of carbonyl (C=O) groups is 2. The van der Waals surface area contributed by atoms with E-state index in [9.17, 15) is 14.0 Å². The quantitative estimate of drug-likeness (QED) is 0.799. The summed E-state index contributed by atoms with van der Waals surface area (Å²) in [6.07, 6.45) is 0.520. The molecule has 3 rings (SSSR count). The smallest absolute Gasteiger partial charge is 0.315 e. The Bertz CT molecular complexity index is 844. The van der Waals surface area contributed by atoms with Gasteiger partial charge in [0.25, 0.3) is 0 Å². The molecule has 1 aliphatic rings. The van der Waals surface area contributed by atoms with E-state index in [1.807, 2.05) is 20.8 Å². The number of nitrogens with zero attached hydrogens (tertiary/aromatic N) is 5. The number of carbonyl (C=O) groups excluding carboxylic acids is 2. The van der Waals surface area contributed by atoms with E-state index in [-0.39, 0.29) is 23.8 Å². The molecule has 2 aromatic rings. The van der Waals surface area contributed by atoms with E-state index in [4.69, 9.17) is 0 Å². The van der Waals surface area contributed by atoms with E-state index in [1.54, 1.807) is 17.0 Å². The maximum absolute atomic E-state index is 13.0. The van der Waals surface area contributed by atoms with Gasteiger partial charge in [-0.2, -0.15) is 4.80 Å². The summed E-state index contributed by atoms with van der Waals surface area (Å²) in [6, 6.07) is 4.97. The Kier molecular flexibility index (Phi) is 5.57. The third-order valence-electron chi connectivity index (χ3n) is 4.35. The molecule has 1 unspecified atom stereocenters. The summed E-state index contributed by atoms with van der Waals surface area (Å²) < 4.78 is 13.0. The highest BCUT2D eigenvalue weighted by molar-refractivity contribution is 5.88. The molecule has 1 fully saturated rings. The molecule has 9 nitrogen and oxygen atoms in total. The van der Waals surface area contributed by atoms with Crippen LogP contribution in [0, 0.1) is 5.82 Å². The lowest BCUT2D eigenvalue weighted by Gasteiger charge is -2.17. The number of nitrogens with one attached hydrogen (secondary N) is 2. The third kappa shape index (κ3) is 4.81. The Morgan fingerprint density at radius 1 is 1.29 bits per heavy atom. The van der Waals surface area contributed by atoms with Gasteiger partial charge in [0.05, 0.1) is 12.1 Å². The van der Waals surface area contributed by atoms with Gasteiger partial charge < -0.3 is 15.5 Å². The summed E-state index contributed by atoms with van der Waals surface area (Å²) in [5, 5.41) is 17.4. The number of amides is 3. The van der Waals surface area contributed by atoms with E-state index in [0.29, 0.717) is 25.3 Å². The molecule has 0 bridgehead atoms. The largest absolute Gasteiger partial charge is 0.336 e. The number of rotatable bonds is 5. The normalized spacial score (nSPS) is 17.1. The molecule has 28 heavy (non-hydrogen) atoms. The summed E-state index contributed by atoms with van der Waals surface area (Å²) in [5.74, 6) is -0.0817. The van der Waals surface area contributed by atoms with Gasteiger partial charge in [0.1, 0.15) is 11.9 Å². The van der Waals surface area contributed by atoms with Gasteiger partial charge in [0.2, 0.25) is 5.91 Å². The van der Waals surface area contributed by atoms with E-state index < -0.39 is 12.1 Å². The number of likely N-dealkylation sites (tertiary alicyclic amines) is 1. The fourth-order valence-electron chi connectivity index (χ4n) is 2.81. The van der Waals surface area contributed by atoms with Crippen molar-refractivity contribution in [1.82, 2.24) is 35.7 Å². The highest BCUT2D eigenvalue weighted by Gasteiger charge is 2.32. The average Bonchev–Trinajstić information content (AvgIpc) is 3.24. The summed E-state index contributed by atoms with van der Waals surface area (Å²) in [7, 11) is 0. The van der Waals surface area contributed by atoms with Crippen LogP contribution in [0.2, 0.25) is 0 Å². The topological polar surface area (TPSA) is 105 Å². The van der Waals surface area contributed by atoms with E-state index >= 15 is 0 Å². The molecule has 1 aliphatic heterocycles. The van der Waals surface area contributed by atoms with E-state index in [2.05, 4.69) is 26.0 Å². The van der Waals surface area contributed by atoms with E-state index in [0.717, 1.165) is 5.56 Å². The van der Waals surface area contributed by atoms with Crippen molar-refractivity contribution in [2.24, 2.45) is 0 Å². The maximum atomic E-state index is 13.0. The zero-order chi connectivity index (χ0) is 20.3. The number of tetrazole rings is 1. The van der Waals surface area contributed by atoms with Crippen LogP contribution in [0.1, 0.15) is 38.6 Å². The van der Waals surface area contributed by atoms with Crippen LogP contribution in [0.5, 0.6) is 0 Å². The number of benzene rings is 1. The van der Waals surface area contributed by atoms with Crippen molar-refractivity contribution in [3.63, 3.8) is 0 Å². The first-order valence-electron chi connectivity index (χ1n) is 9.09. The summed E-state index contributed by atoms with van der Waals surface area (Å²) >= 11 is 0. The molecule has 0 radical (unpaired) electrons. The predicted molar refractivity (Wildman–Crippen MR) is 98.4 cm³/mol. The minimum absolute atomic E-state index is 0.113. The molecular weight excluding hydrogens is 365 g/mol. The molecule has 3 amide bonds. The minimum Gasteiger partial charge on any atom is -0.336 e. The maximum Gasteiger partial charge on any atom is 0.315 e. The number of urea groups is 1. The monoisotopic (exact) mass is 389 g/mol. The summed E-state index contributed by atoms with van der Waals surface area (Å²) in [4.78, 5) is 27.7. The standard InChI is InChI=1S/C18H24FN7O2/c1-18(2,3)26-23-15(22-24-26)10-20-17(28)21-14-8-9-25(16(14)27)11-12-4-6-13(19)7-5-12/h4-7,14H,8-11H2,1-3H3,(H2,20,21,28). The number of aromatic nitrogens is 4. The van der Waals surface area contributed by atoms with Crippen LogP contribution < -0.4 is 10.6 Å². The van der Waals surface area contributed by atoms with Crippen LogP contribution >= 0.6 is 0 Å². The summed E-state index contributed by atoms with van der Waals surface area (Å²) in [5.41, 5.74) is 0.547. The number of hydrogen-bond donors (Lipinski definition) is 2. The zero-order valence-corrected chi connectivity index (χ0v) is 16.1. The van der Waals surface area contributed by atoms with Gasteiger partial charge in [-0.1, -0.05) is 12.1 Å². The van der Waals surface area contributed by atoms with Crippen LogP contribution in [0.15, 0.2) is 24.3 Å². The van der Waals surface area contributed by atoms with Gasteiger partial charge in [-0.05, 0) is 50.1 Å². The van der Waals surface area contributed by atoms with Crippen molar-refractivity contribution < 1.29 is 14.0 Å². The minimum atomic E-state index is -0.585. The SMILES string of the molecule is CC(C)(C)n1nnc(CNC(=O)NC2CCN(Cc3ccc(F)cc3)C2=O)n1. The van der Waals surface area contributed by atoms with E-state index in [1.165, 1.54) is 16.9 Å². The fourth-order valence-corrected chi connectivity index (χ4v) is 2.81. The molecule has 0 saturated carbocycles. The Morgan fingerprint density at radius 3 is 2.64 bits per heavy atom. The Labute approximate surface area is 162 Å². The Morgan fingerprint density at radius 2 is 2.00 bits per heavy atom. The number of hydrogen-bond acceptors (Lipinski definition) is 5. The van der Waals surface area contributed by atoms with Gasteiger partial charge >= 0.3 is 6.03 Å². The highest BCUT2D eigenvalue weighted by atomic mass is 19.1. The van der Waals surface area contributed by atoms with Crippen molar-refractivity contribution in [3.8, 4) is 0 Å². The first-order valence-corrected chi connectivity index (χ1v) is 9.09. The second kappa shape index (κ2) is 7.91. The van der Waals surface area contributed by atoms with Crippen molar-refractivity contribution >= 4 is 11.9 Å². The first kappa shape index (κ1) is 19.7. The lowest BCUT2D eigenvalue weighted by Crippen LogP contribution is -2.45. The van der Waals surface area contributed by atoms with Crippen LogP contribution in [-0.4, -0.2) is 49.6 Å². The number of halogens is 1. The van der Waals surface area contributed by atoms with Crippen LogP contribution in [-0.2, 0) is 23.4 Å². The molecule has 150 valence electrons. The van der Waals surface area contributed by atoms with Crippen molar-refractivity contribution in [3.05, 3.63) is 41.5 Å². The average molecular weight is 389 g/mol. The second-order valence-electron chi connectivity index (χ2n) is 7.72. The lowest BCUT2D eigenvalue weighted by molar-refractivity contribution is -0.129. The molecular formula is C18H24FN7O2. The van der Waals surface area contributed by atoms with Gasteiger partial charge in [0, 0.05) is 13.1 Å². The molecule has 1 saturated heterocycles. The summed E-state index contributed by atoms with van der Waals surface area (Å²) in [6.45, 7) is 6.87. The zero-order valence-electron chi connectivity index (χ0n) is 16.1. The van der Waals surface area contributed by atoms with Gasteiger partial charge in [0.15, 0.2) is 5.82 Å². The third-order valence-corrected chi connectivity index (χ3v) is 4.35. The molecule has 0 aliphatic carbocycles. The molecule has 1 aromatic carbocycles. The fraction of sp³-hybridized carbons (Fsp3) is 0.500. The Hall–Kier alpha value is -3.04. The van der Waals surface area contributed by atoms with Crippen LogP contribution in [0.25, 0.3) is 0 Å². The lowest BCUT2D eigenvalue weighted by atomic mass is 10.1. The van der Waals surface area contributed by atoms with Crippen LogP contribution in [0.3, 0.4) is 0 Å². The van der Waals surface area contributed by atoms with Crippen molar-refractivity contribution in [2.75, 3.05) is 6.54 Å². The van der Waals surface area contributed by atoms with Crippen LogP contribution in [0.4, 0.5) is 9.18 Å². The molecule has 10 heteroatoms. The van der Waals surface area contributed by atoms with Gasteiger partial charge in [-0.15, -0.1) is 10.2 Å². The predicted octanol–water partition coefficient (Wildman–Crippen LogP) is 1.17. The van der Waals surface area contributed by atoms with Gasteiger partial charge in [-0.3, -0.25) is 4.79 Å². The molecule has 1 atom stereocenters. The molecule has 2 heterocycles. The molecule has 1 aromatic heterocycles. The Balaban J connectivity index is 1.47. The molecule has 0 spiro atoms. The van der Waals surface area contributed by atoms with Gasteiger partial charge in [-0.25, -0.2) is 9.18 Å². The van der Waals surface area contributed by atoms with Crippen molar-refractivity contribution in [2.45, 2.75) is 51.9 Å². The highest BCUT2D eigenvalue weighted by Crippen LogP contribution is 2.15. The second-order valence-corrected chi connectivity index (χ2v) is 7.72. The van der Waals surface area contributed by atoms with Crippen molar-refractivity contribution in [1.29, 1.82) is 0 Å². The first-order chi connectivity index (χ1) is 13.2. The molecule has 2 N–H and O–H groups in total.